The van der Waals surface area contributed by atoms with Gasteiger partial charge in [0.25, 0.3) is 0 Å². The lowest BCUT2D eigenvalue weighted by Gasteiger charge is -2.15. The van der Waals surface area contributed by atoms with Gasteiger partial charge in [-0.2, -0.15) is 5.26 Å². The van der Waals surface area contributed by atoms with Crippen LogP contribution in [-0.2, 0) is 0 Å². The molecule has 1 aliphatic rings. The van der Waals surface area contributed by atoms with Crippen LogP contribution >= 0.6 is 0 Å². The van der Waals surface area contributed by atoms with Crippen LogP contribution in [0.2, 0.25) is 0 Å². The number of nitriles is 1. The van der Waals surface area contributed by atoms with Crippen LogP contribution in [-0.4, -0.2) is 0 Å². The molecule has 2 nitrogen and oxygen atoms in total. The van der Waals surface area contributed by atoms with Crippen molar-refractivity contribution in [3.05, 3.63) is 187 Å². The Hall–Kier alpha value is -7.26. The molecule has 0 aromatic heterocycles. The molecule has 0 atom stereocenters. The zero-order chi connectivity index (χ0) is 34.8. The Balaban J connectivity index is 1.17. The van der Waals surface area contributed by atoms with E-state index in [9.17, 15) is 5.26 Å². The van der Waals surface area contributed by atoms with Gasteiger partial charge in [0.05, 0.1) is 12.6 Å². The van der Waals surface area contributed by atoms with E-state index in [0.717, 1.165) is 33.4 Å². The molecule has 0 amide bonds. The molecular formula is C50H28N2. The van der Waals surface area contributed by atoms with Crippen LogP contribution in [0.15, 0.2) is 170 Å². The monoisotopic (exact) mass is 656 g/mol. The van der Waals surface area contributed by atoms with E-state index in [0.29, 0.717) is 11.3 Å². The maximum atomic E-state index is 9.85. The molecule has 9 aromatic carbocycles. The molecule has 52 heavy (non-hydrogen) atoms. The summed E-state index contributed by atoms with van der Waals surface area (Å²) in [5, 5.41) is 17.1. The zero-order valence-electron chi connectivity index (χ0n) is 28.1. The van der Waals surface area contributed by atoms with E-state index in [1.165, 1.54) is 65.7 Å². The fourth-order valence-electron chi connectivity index (χ4n) is 8.06. The number of benzene rings is 9. The minimum Gasteiger partial charge on any atom is -0.238 e. The molecule has 238 valence electrons. The Morgan fingerprint density at radius 1 is 0.385 bits per heavy atom. The lowest BCUT2D eigenvalue weighted by atomic mass is 9.89. The number of rotatable bonds is 4. The van der Waals surface area contributed by atoms with Gasteiger partial charge in [-0.1, -0.05) is 115 Å². The summed E-state index contributed by atoms with van der Waals surface area (Å²) in [7, 11) is 0. The molecule has 0 saturated heterocycles. The zero-order valence-corrected chi connectivity index (χ0v) is 28.1. The standard InChI is InChI=1S/C50H28N2/c1-52-43-22-31(30-51)21-38(29-43)41-26-40(27-42(28-41)44-19-20-49-46-10-5-4-9-45(46)48-12-6-11-47(44)50(48)49)37-18-15-33-14-17-36(24-39(33)25-37)35-16-13-32-7-2-3-8-34(32)23-35/h2-29H. The van der Waals surface area contributed by atoms with Gasteiger partial charge >= 0.3 is 0 Å². The summed E-state index contributed by atoms with van der Waals surface area (Å²) < 4.78 is 0. The van der Waals surface area contributed by atoms with E-state index in [4.69, 9.17) is 6.57 Å². The molecule has 1 aliphatic carbocycles. The topological polar surface area (TPSA) is 28.1 Å². The van der Waals surface area contributed by atoms with Gasteiger partial charge in [-0.05, 0) is 154 Å². The van der Waals surface area contributed by atoms with Crippen molar-refractivity contribution < 1.29 is 0 Å². The molecule has 0 spiro atoms. The van der Waals surface area contributed by atoms with Crippen LogP contribution in [0.25, 0.3) is 104 Å². The first-order valence-corrected chi connectivity index (χ1v) is 17.4. The van der Waals surface area contributed by atoms with Crippen molar-refractivity contribution in [1.82, 2.24) is 0 Å². The highest BCUT2D eigenvalue weighted by Gasteiger charge is 2.22. The van der Waals surface area contributed by atoms with E-state index in [1.807, 2.05) is 12.1 Å². The van der Waals surface area contributed by atoms with E-state index in [2.05, 4.69) is 163 Å². The summed E-state index contributed by atoms with van der Waals surface area (Å²) >= 11 is 0. The Morgan fingerprint density at radius 3 is 1.63 bits per heavy atom. The molecule has 0 aliphatic heterocycles. The molecule has 0 unspecified atom stereocenters. The number of hydrogen-bond donors (Lipinski definition) is 0. The summed E-state index contributed by atoms with van der Waals surface area (Å²) in [6.45, 7) is 7.73. The van der Waals surface area contributed by atoms with Gasteiger partial charge < -0.3 is 0 Å². The van der Waals surface area contributed by atoms with Crippen LogP contribution in [0.5, 0.6) is 0 Å². The Labute approximate surface area is 301 Å². The fourth-order valence-corrected chi connectivity index (χ4v) is 8.06. The third-order valence-electron chi connectivity index (χ3n) is 10.6. The van der Waals surface area contributed by atoms with Gasteiger partial charge in [0.15, 0.2) is 5.69 Å². The highest BCUT2D eigenvalue weighted by Crippen LogP contribution is 2.49. The summed E-state index contributed by atoms with van der Waals surface area (Å²) in [5.41, 5.74) is 14.6. The highest BCUT2D eigenvalue weighted by atomic mass is 14.6. The summed E-state index contributed by atoms with van der Waals surface area (Å²) in [6, 6.07) is 62.6. The molecule has 0 bridgehead atoms. The van der Waals surface area contributed by atoms with E-state index < -0.39 is 0 Å². The molecule has 0 heterocycles. The number of hydrogen-bond acceptors (Lipinski definition) is 1. The van der Waals surface area contributed by atoms with Crippen molar-refractivity contribution in [3.8, 4) is 72.8 Å². The second-order valence-corrected chi connectivity index (χ2v) is 13.6. The Bertz CT molecular complexity index is 2980. The summed E-state index contributed by atoms with van der Waals surface area (Å²) in [4.78, 5) is 3.70. The Morgan fingerprint density at radius 2 is 0.923 bits per heavy atom. The average Bonchev–Trinajstić information content (AvgIpc) is 3.54. The first kappa shape index (κ1) is 29.6. The molecule has 0 N–H and O–H groups in total. The third kappa shape index (κ3) is 4.79. The van der Waals surface area contributed by atoms with E-state index in [1.54, 1.807) is 6.07 Å². The van der Waals surface area contributed by atoms with Crippen molar-refractivity contribution >= 4 is 38.0 Å². The lowest BCUT2D eigenvalue weighted by molar-refractivity contribution is 1.48. The largest absolute Gasteiger partial charge is 0.238 e. The second kappa shape index (κ2) is 11.7. The molecule has 0 fully saturated rings. The smallest absolute Gasteiger partial charge is 0.189 e. The normalized spacial score (nSPS) is 11.4. The van der Waals surface area contributed by atoms with Crippen LogP contribution in [0.1, 0.15) is 5.56 Å². The predicted octanol–water partition coefficient (Wildman–Crippen LogP) is 13.9. The first-order valence-electron chi connectivity index (χ1n) is 17.4. The molecule has 2 heteroatoms. The maximum absolute atomic E-state index is 9.85. The molecular weight excluding hydrogens is 629 g/mol. The van der Waals surface area contributed by atoms with Gasteiger partial charge in [-0.25, -0.2) is 4.85 Å². The fraction of sp³-hybridized carbons (Fsp3) is 0. The van der Waals surface area contributed by atoms with Crippen LogP contribution in [0.3, 0.4) is 0 Å². The van der Waals surface area contributed by atoms with Crippen molar-refractivity contribution in [2.45, 2.75) is 0 Å². The highest BCUT2D eigenvalue weighted by molar-refractivity contribution is 6.18. The van der Waals surface area contributed by atoms with E-state index in [-0.39, 0.29) is 0 Å². The van der Waals surface area contributed by atoms with Gasteiger partial charge in [0.2, 0.25) is 0 Å². The number of fused-ring (bicyclic) bond motifs is 5. The maximum Gasteiger partial charge on any atom is 0.189 e. The van der Waals surface area contributed by atoms with Crippen LogP contribution in [0.4, 0.5) is 5.69 Å². The minimum absolute atomic E-state index is 0.455. The molecule has 0 saturated carbocycles. The second-order valence-electron chi connectivity index (χ2n) is 13.6. The molecule has 0 radical (unpaired) electrons. The Kier molecular flexibility index (Phi) is 6.65. The quantitative estimate of drug-likeness (QED) is 0.173. The third-order valence-corrected chi connectivity index (χ3v) is 10.6. The SMILES string of the molecule is [C-]#[N+]c1cc(C#N)cc(-c2cc(-c3ccc4ccc(-c5ccc6ccccc6c5)cc4c3)cc(-c3ccc4c5c(cccc35)-c3ccccc3-4)c2)c1. The van der Waals surface area contributed by atoms with Crippen molar-refractivity contribution in [2.24, 2.45) is 0 Å². The summed E-state index contributed by atoms with van der Waals surface area (Å²) in [5.74, 6) is 0. The average molecular weight is 657 g/mol. The van der Waals surface area contributed by atoms with Crippen molar-refractivity contribution in [1.29, 1.82) is 5.26 Å². The van der Waals surface area contributed by atoms with Gasteiger partial charge in [-0.15, -0.1) is 0 Å². The molecule has 9 aromatic rings. The van der Waals surface area contributed by atoms with E-state index >= 15 is 0 Å². The van der Waals surface area contributed by atoms with Crippen LogP contribution < -0.4 is 0 Å². The summed E-state index contributed by atoms with van der Waals surface area (Å²) in [6.07, 6.45) is 0. The minimum atomic E-state index is 0.455. The first-order chi connectivity index (χ1) is 25.6. The van der Waals surface area contributed by atoms with Gasteiger partial charge in [0, 0.05) is 5.56 Å². The van der Waals surface area contributed by atoms with Gasteiger partial charge in [0.1, 0.15) is 0 Å². The van der Waals surface area contributed by atoms with Gasteiger partial charge in [-0.3, -0.25) is 0 Å². The predicted molar refractivity (Wildman–Crippen MR) is 216 cm³/mol. The van der Waals surface area contributed by atoms with Crippen molar-refractivity contribution in [2.75, 3.05) is 0 Å². The molecule has 10 rings (SSSR count). The number of nitrogens with zero attached hydrogens (tertiary/aromatic N) is 2. The lowest BCUT2D eigenvalue weighted by Crippen LogP contribution is -1.89. The van der Waals surface area contributed by atoms with Crippen LogP contribution in [0, 0.1) is 17.9 Å². The van der Waals surface area contributed by atoms with Crippen molar-refractivity contribution in [3.63, 3.8) is 0 Å².